The zero-order chi connectivity index (χ0) is 19.6. The van der Waals surface area contributed by atoms with Gasteiger partial charge in [0.25, 0.3) is 0 Å². The van der Waals surface area contributed by atoms with Crippen molar-refractivity contribution in [1.29, 1.82) is 0 Å². The first-order valence-electron chi connectivity index (χ1n) is 9.22. The summed E-state index contributed by atoms with van der Waals surface area (Å²) in [5.74, 6) is 0.887. The molecule has 0 saturated heterocycles. The summed E-state index contributed by atoms with van der Waals surface area (Å²) in [6.07, 6.45) is 1.82. The molecule has 1 aromatic carbocycles. The number of nitrogens with one attached hydrogen (secondary N) is 2. The summed E-state index contributed by atoms with van der Waals surface area (Å²) in [6, 6.07) is 8.50. The van der Waals surface area contributed by atoms with E-state index < -0.39 is 9.84 Å². The Kier molecular flexibility index (Phi) is 9.65. The molecule has 1 atom stereocenters. The summed E-state index contributed by atoms with van der Waals surface area (Å²) in [5.41, 5.74) is 2.44. The van der Waals surface area contributed by atoms with Crippen LogP contribution in [0.1, 0.15) is 38.3 Å². The van der Waals surface area contributed by atoms with E-state index in [1.165, 1.54) is 11.8 Å². The molecule has 0 saturated carbocycles. The number of benzene rings is 1. The van der Waals surface area contributed by atoms with Crippen LogP contribution in [0.3, 0.4) is 0 Å². The zero-order valence-corrected chi connectivity index (χ0v) is 17.6. The molecular weight excluding hydrogens is 348 g/mol. The van der Waals surface area contributed by atoms with Gasteiger partial charge in [0, 0.05) is 25.4 Å². The number of guanidine groups is 1. The molecule has 0 aromatic heterocycles. The Bertz CT molecular complexity index is 674. The third kappa shape index (κ3) is 9.77. The highest BCUT2D eigenvalue weighted by molar-refractivity contribution is 7.90. The predicted molar refractivity (Wildman–Crippen MR) is 110 cm³/mol. The Balaban J connectivity index is 2.69. The number of sulfone groups is 1. The van der Waals surface area contributed by atoms with E-state index in [2.05, 4.69) is 58.8 Å². The van der Waals surface area contributed by atoms with Gasteiger partial charge >= 0.3 is 0 Å². The van der Waals surface area contributed by atoms with E-state index in [0.717, 1.165) is 25.2 Å². The summed E-state index contributed by atoms with van der Waals surface area (Å²) in [7, 11) is -0.837. The number of nitrogens with zero attached hydrogens (tertiary/aromatic N) is 2. The SMILES string of the molecule is CCNC(=NCc1cccc(CN(C)CC)c1)NC(C)CCS(C)(=O)=O. The molecule has 148 valence electrons. The van der Waals surface area contributed by atoms with Gasteiger partial charge in [0.05, 0.1) is 12.3 Å². The van der Waals surface area contributed by atoms with Gasteiger partial charge in [-0.2, -0.15) is 0 Å². The largest absolute Gasteiger partial charge is 0.357 e. The Morgan fingerprint density at radius 2 is 1.96 bits per heavy atom. The maximum Gasteiger partial charge on any atom is 0.191 e. The third-order valence-corrected chi connectivity index (χ3v) is 5.03. The van der Waals surface area contributed by atoms with E-state index >= 15 is 0 Å². The molecule has 0 amide bonds. The number of aliphatic imine (C=N–C) groups is 1. The summed E-state index contributed by atoms with van der Waals surface area (Å²) < 4.78 is 22.6. The van der Waals surface area contributed by atoms with Crippen LogP contribution >= 0.6 is 0 Å². The quantitative estimate of drug-likeness (QED) is 0.478. The monoisotopic (exact) mass is 382 g/mol. The van der Waals surface area contributed by atoms with Crippen molar-refractivity contribution in [3.05, 3.63) is 35.4 Å². The van der Waals surface area contributed by atoms with Crippen molar-refractivity contribution >= 4 is 15.8 Å². The van der Waals surface area contributed by atoms with E-state index in [-0.39, 0.29) is 11.8 Å². The molecule has 0 heterocycles. The van der Waals surface area contributed by atoms with Crippen molar-refractivity contribution in [1.82, 2.24) is 15.5 Å². The van der Waals surface area contributed by atoms with Gasteiger partial charge in [-0.3, -0.25) is 0 Å². The van der Waals surface area contributed by atoms with Crippen LogP contribution in [-0.4, -0.2) is 57.5 Å². The predicted octanol–water partition coefficient (Wildman–Crippen LogP) is 2.02. The topological polar surface area (TPSA) is 73.8 Å². The van der Waals surface area contributed by atoms with Crippen molar-refractivity contribution in [3.8, 4) is 0 Å². The molecule has 0 radical (unpaired) electrons. The highest BCUT2D eigenvalue weighted by Crippen LogP contribution is 2.09. The first-order valence-corrected chi connectivity index (χ1v) is 11.3. The van der Waals surface area contributed by atoms with Crippen LogP contribution in [0.2, 0.25) is 0 Å². The lowest BCUT2D eigenvalue weighted by molar-refractivity contribution is 0.345. The molecule has 0 spiro atoms. The number of hydrogen-bond acceptors (Lipinski definition) is 4. The van der Waals surface area contributed by atoms with Crippen LogP contribution < -0.4 is 10.6 Å². The van der Waals surface area contributed by atoms with Crippen LogP contribution in [0.15, 0.2) is 29.3 Å². The molecular formula is C19H34N4O2S. The second-order valence-electron chi connectivity index (χ2n) is 6.81. The molecule has 1 aromatic rings. The average Bonchev–Trinajstić information content (AvgIpc) is 2.58. The highest BCUT2D eigenvalue weighted by atomic mass is 32.2. The van der Waals surface area contributed by atoms with Gasteiger partial charge in [0.1, 0.15) is 9.84 Å². The minimum absolute atomic E-state index is 0.0343. The molecule has 0 aliphatic rings. The van der Waals surface area contributed by atoms with Crippen molar-refractivity contribution in [2.45, 2.75) is 46.3 Å². The first kappa shape index (κ1) is 22.4. The van der Waals surface area contributed by atoms with Crippen molar-refractivity contribution in [3.63, 3.8) is 0 Å². The summed E-state index contributed by atoms with van der Waals surface area (Å²) in [5, 5.41) is 6.50. The van der Waals surface area contributed by atoms with Crippen molar-refractivity contribution in [2.75, 3.05) is 32.1 Å². The minimum atomic E-state index is -2.94. The molecule has 6 nitrogen and oxygen atoms in total. The molecule has 0 aliphatic heterocycles. The number of rotatable bonds is 10. The minimum Gasteiger partial charge on any atom is -0.357 e. The van der Waals surface area contributed by atoms with E-state index in [4.69, 9.17) is 0 Å². The van der Waals surface area contributed by atoms with Gasteiger partial charge in [-0.15, -0.1) is 0 Å². The van der Waals surface area contributed by atoms with Crippen LogP contribution in [-0.2, 0) is 22.9 Å². The van der Waals surface area contributed by atoms with E-state index in [9.17, 15) is 8.42 Å². The van der Waals surface area contributed by atoms with E-state index in [0.29, 0.717) is 18.9 Å². The molecule has 0 fully saturated rings. The van der Waals surface area contributed by atoms with Crippen LogP contribution in [0, 0.1) is 0 Å². The fourth-order valence-electron chi connectivity index (χ4n) is 2.44. The summed E-state index contributed by atoms with van der Waals surface area (Å²) in [4.78, 5) is 6.90. The maximum absolute atomic E-state index is 11.3. The van der Waals surface area contributed by atoms with Gasteiger partial charge in [0.15, 0.2) is 5.96 Å². The van der Waals surface area contributed by atoms with E-state index in [1.54, 1.807) is 0 Å². The molecule has 0 bridgehead atoms. The van der Waals surface area contributed by atoms with Gasteiger partial charge in [-0.25, -0.2) is 13.4 Å². The normalized spacial score (nSPS) is 13.7. The molecule has 1 rings (SSSR count). The van der Waals surface area contributed by atoms with E-state index in [1.807, 2.05) is 13.8 Å². The Morgan fingerprint density at radius 3 is 2.58 bits per heavy atom. The lowest BCUT2D eigenvalue weighted by atomic mass is 10.1. The lowest BCUT2D eigenvalue weighted by Gasteiger charge is -2.17. The van der Waals surface area contributed by atoms with Crippen LogP contribution in [0.25, 0.3) is 0 Å². The Hall–Kier alpha value is -1.60. The second kappa shape index (κ2) is 11.2. The lowest BCUT2D eigenvalue weighted by Crippen LogP contribution is -2.42. The van der Waals surface area contributed by atoms with Crippen molar-refractivity contribution in [2.24, 2.45) is 4.99 Å². The first-order chi connectivity index (χ1) is 12.2. The van der Waals surface area contributed by atoms with Gasteiger partial charge < -0.3 is 15.5 Å². The molecule has 26 heavy (non-hydrogen) atoms. The summed E-state index contributed by atoms with van der Waals surface area (Å²) in [6.45, 7) is 9.41. The average molecular weight is 383 g/mol. The fraction of sp³-hybridized carbons (Fsp3) is 0.632. The Morgan fingerprint density at radius 1 is 1.27 bits per heavy atom. The fourth-order valence-corrected chi connectivity index (χ4v) is 3.22. The molecule has 0 aliphatic carbocycles. The molecule has 1 unspecified atom stereocenters. The van der Waals surface area contributed by atoms with Gasteiger partial charge in [-0.1, -0.05) is 31.2 Å². The highest BCUT2D eigenvalue weighted by Gasteiger charge is 2.09. The van der Waals surface area contributed by atoms with Crippen LogP contribution in [0.5, 0.6) is 0 Å². The third-order valence-electron chi connectivity index (χ3n) is 4.05. The summed E-state index contributed by atoms with van der Waals surface area (Å²) >= 11 is 0. The van der Waals surface area contributed by atoms with Crippen molar-refractivity contribution < 1.29 is 8.42 Å². The molecule has 7 heteroatoms. The molecule has 2 N–H and O–H groups in total. The Labute approximate surface area is 159 Å². The maximum atomic E-state index is 11.3. The second-order valence-corrected chi connectivity index (χ2v) is 9.07. The standard InChI is InChI=1S/C19H34N4O2S/c1-6-20-19(22-16(3)11-12-26(5,24)25)21-14-17-9-8-10-18(13-17)15-23(4)7-2/h8-10,13,16H,6-7,11-12,14-15H2,1-5H3,(H2,20,21,22). The van der Waals surface area contributed by atoms with Gasteiger partial charge in [0.2, 0.25) is 0 Å². The smallest absolute Gasteiger partial charge is 0.191 e. The van der Waals surface area contributed by atoms with Crippen LogP contribution in [0.4, 0.5) is 0 Å². The zero-order valence-electron chi connectivity index (χ0n) is 16.7. The van der Waals surface area contributed by atoms with Gasteiger partial charge in [-0.05, 0) is 45.0 Å². The number of hydrogen-bond donors (Lipinski definition) is 2.